The van der Waals surface area contributed by atoms with Crippen LogP contribution in [0.4, 0.5) is 5.69 Å². The van der Waals surface area contributed by atoms with Gasteiger partial charge < -0.3 is 9.47 Å². The van der Waals surface area contributed by atoms with E-state index in [2.05, 4.69) is 15.6 Å². The van der Waals surface area contributed by atoms with Crippen molar-refractivity contribution in [3.8, 4) is 11.5 Å². The number of nitrogens with one attached hydrogen (secondary N) is 3. The fourth-order valence-electron chi connectivity index (χ4n) is 3.03. The maximum Gasteiger partial charge on any atom is 0.276 e. The number of ether oxygens (including phenoxy) is 2. The SMILES string of the molecule is CCOc1ccc(NS(=O)(=O)c2ccc(C(=O)NNC(=O)COc3cc(C)ccc3C)cc2)cc1. The molecule has 0 heterocycles. The Morgan fingerprint density at radius 3 is 2.20 bits per heavy atom. The molecule has 10 heteroatoms. The lowest BCUT2D eigenvalue weighted by atomic mass is 10.1. The summed E-state index contributed by atoms with van der Waals surface area (Å²) in [6.45, 7) is 5.87. The van der Waals surface area contributed by atoms with Crippen molar-refractivity contribution in [2.75, 3.05) is 17.9 Å². The second-order valence-corrected chi connectivity index (χ2v) is 9.33. The molecule has 0 spiro atoms. The van der Waals surface area contributed by atoms with Crippen molar-refractivity contribution in [1.29, 1.82) is 0 Å². The van der Waals surface area contributed by atoms with Crippen LogP contribution in [0.5, 0.6) is 11.5 Å². The largest absolute Gasteiger partial charge is 0.494 e. The lowest BCUT2D eigenvalue weighted by Gasteiger charge is -2.11. The molecule has 0 aliphatic carbocycles. The van der Waals surface area contributed by atoms with Crippen molar-refractivity contribution >= 4 is 27.5 Å². The molecule has 0 aromatic heterocycles. The van der Waals surface area contributed by atoms with Gasteiger partial charge in [-0.15, -0.1) is 0 Å². The van der Waals surface area contributed by atoms with Gasteiger partial charge in [0.2, 0.25) is 0 Å². The Labute approximate surface area is 204 Å². The predicted molar refractivity (Wildman–Crippen MR) is 132 cm³/mol. The Morgan fingerprint density at radius 2 is 1.54 bits per heavy atom. The third-order valence-electron chi connectivity index (χ3n) is 4.86. The first-order chi connectivity index (χ1) is 16.7. The van der Waals surface area contributed by atoms with Crippen LogP contribution in [0, 0.1) is 13.8 Å². The van der Waals surface area contributed by atoms with E-state index in [-0.39, 0.29) is 17.1 Å². The first-order valence-corrected chi connectivity index (χ1v) is 12.3. The minimum atomic E-state index is -3.86. The van der Waals surface area contributed by atoms with Crippen LogP contribution in [0.2, 0.25) is 0 Å². The van der Waals surface area contributed by atoms with E-state index in [1.807, 2.05) is 39.0 Å². The van der Waals surface area contributed by atoms with Gasteiger partial charge >= 0.3 is 0 Å². The van der Waals surface area contributed by atoms with E-state index in [1.54, 1.807) is 24.3 Å². The van der Waals surface area contributed by atoms with Crippen LogP contribution >= 0.6 is 0 Å². The maximum absolute atomic E-state index is 12.6. The van der Waals surface area contributed by atoms with Crippen molar-refractivity contribution in [1.82, 2.24) is 10.9 Å². The van der Waals surface area contributed by atoms with Crippen molar-refractivity contribution in [2.24, 2.45) is 0 Å². The van der Waals surface area contributed by atoms with Gasteiger partial charge in [-0.2, -0.15) is 0 Å². The highest BCUT2D eigenvalue weighted by atomic mass is 32.2. The van der Waals surface area contributed by atoms with E-state index in [1.165, 1.54) is 24.3 Å². The molecule has 0 bridgehead atoms. The van der Waals surface area contributed by atoms with Crippen LogP contribution in [0.1, 0.15) is 28.4 Å². The van der Waals surface area contributed by atoms with Crippen LogP contribution in [-0.2, 0) is 14.8 Å². The zero-order valence-corrected chi connectivity index (χ0v) is 20.4. The van der Waals surface area contributed by atoms with E-state index in [4.69, 9.17) is 9.47 Å². The molecule has 184 valence electrons. The van der Waals surface area contributed by atoms with Gasteiger partial charge in [-0.25, -0.2) is 8.42 Å². The fraction of sp³-hybridized carbons (Fsp3) is 0.200. The summed E-state index contributed by atoms with van der Waals surface area (Å²) in [4.78, 5) is 24.3. The van der Waals surface area contributed by atoms with Gasteiger partial charge in [-0.1, -0.05) is 12.1 Å². The Bertz CT molecular complexity index is 1290. The van der Waals surface area contributed by atoms with Gasteiger partial charge in [0.1, 0.15) is 11.5 Å². The third-order valence-corrected chi connectivity index (χ3v) is 6.26. The highest BCUT2D eigenvalue weighted by Crippen LogP contribution is 2.20. The molecule has 3 rings (SSSR count). The Balaban J connectivity index is 1.53. The molecule has 3 N–H and O–H groups in total. The molecular formula is C25H27N3O6S. The lowest BCUT2D eigenvalue weighted by Crippen LogP contribution is -2.43. The molecular weight excluding hydrogens is 470 g/mol. The summed E-state index contributed by atoms with van der Waals surface area (Å²) in [6.07, 6.45) is 0. The average molecular weight is 498 g/mol. The number of rotatable bonds is 9. The molecule has 35 heavy (non-hydrogen) atoms. The van der Waals surface area contributed by atoms with Gasteiger partial charge in [0.05, 0.1) is 11.5 Å². The summed E-state index contributed by atoms with van der Waals surface area (Å²) in [5, 5.41) is 0. The van der Waals surface area contributed by atoms with E-state index in [0.29, 0.717) is 23.8 Å². The summed E-state index contributed by atoms with van der Waals surface area (Å²) < 4.78 is 38.6. The number of carbonyl (C=O) groups is 2. The van der Waals surface area contributed by atoms with Gasteiger partial charge in [-0.3, -0.25) is 25.2 Å². The number of anilines is 1. The van der Waals surface area contributed by atoms with E-state index >= 15 is 0 Å². The number of hydrazine groups is 1. The summed E-state index contributed by atoms with van der Waals surface area (Å²) in [6, 6.07) is 17.5. The Kier molecular flexibility index (Phi) is 8.32. The van der Waals surface area contributed by atoms with E-state index in [0.717, 1.165) is 11.1 Å². The number of hydrogen-bond acceptors (Lipinski definition) is 6. The number of carbonyl (C=O) groups excluding carboxylic acids is 2. The van der Waals surface area contributed by atoms with Gasteiger partial charge in [0.15, 0.2) is 6.61 Å². The molecule has 0 unspecified atom stereocenters. The molecule has 0 saturated heterocycles. The minimum absolute atomic E-state index is 0.0195. The van der Waals surface area contributed by atoms with Gasteiger partial charge in [0, 0.05) is 11.3 Å². The van der Waals surface area contributed by atoms with Crippen molar-refractivity contribution in [3.05, 3.63) is 83.4 Å². The van der Waals surface area contributed by atoms with Crippen LogP contribution in [0.15, 0.2) is 71.6 Å². The molecule has 3 aromatic rings. The molecule has 3 aromatic carbocycles. The first-order valence-electron chi connectivity index (χ1n) is 10.8. The molecule has 2 amide bonds. The maximum atomic E-state index is 12.6. The molecule has 9 nitrogen and oxygen atoms in total. The zero-order valence-electron chi connectivity index (χ0n) is 19.6. The topological polar surface area (TPSA) is 123 Å². The summed E-state index contributed by atoms with van der Waals surface area (Å²) >= 11 is 0. The molecule has 0 fully saturated rings. The number of sulfonamides is 1. The van der Waals surface area contributed by atoms with Gasteiger partial charge in [-0.05, 0) is 86.5 Å². The normalized spacial score (nSPS) is 10.8. The van der Waals surface area contributed by atoms with Crippen LogP contribution < -0.4 is 25.0 Å². The predicted octanol–water partition coefficient (Wildman–Crippen LogP) is 3.34. The number of hydrogen-bond donors (Lipinski definition) is 3. The molecule has 0 radical (unpaired) electrons. The fourth-order valence-corrected chi connectivity index (χ4v) is 4.08. The first kappa shape index (κ1) is 25.6. The standard InChI is InChI=1S/C25H27N3O6S/c1-4-33-21-11-9-20(10-12-21)28-35(31,32)22-13-7-19(8-14-22)25(30)27-26-24(29)16-34-23-15-17(2)5-6-18(23)3/h5-15,28H,4,16H2,1-3H3,(H,26,29)(H,27,30). The van der Waals surface area contributed by atoms with Crippen LogP contribution in [0.25, 0.3) is 0 Å². The molecule has 0 aliphatic heterocycles. The second-order valence-electron chi connectivity index (χ2n) is 7.65. The number of amides is 2. The smallest absolute Gasteiger partial charge is 0.276 e. The average Bonchev–Trinajstić information content (AvgIpc) is 2.84. The lowest BCUT2D eigenvalue weighted by molar-refractivity contribution is -0.123. The zero-order chi connectivity index (χ0) is 25.4. The Hall–Kier alpha value is -4.05. The third kappa shape index (κ3) is 7.21. The van der Waals surface area contributed by atoms with E-state index < -0.39 is 21.8 Å². The van der Waals surface area contributed by atoms with Crippen LogP contribution in [-0.4, -0.2) is 33.4 Å². The highest BCUT2D eigenvalue weighted by Gasteiger charge is 2.16. The number of benzene rings is 3. The molecule has 0 aliphatic rings. The van der Waals surface area contributed by atoms with Crippen molar-refractivity contribution < 1.29 is 27.5 Å². The van der Waals surface area contributed by atoms with Crippen molar-refractivity contribution in [2.45, 2.75) is 25.7 Å². The summed E-state index contributed by atoms with van der Waals surface area (Å²) in [5.74, 6) is 0.0726. The number of aryl methyl sites for hydroxylation is 2. The minimum Gasteiger partial charge on any atom is -0.494 e. The second kappa shape index (κ2) is 11.4. The molecule has 0 atom stereocenters. The van der Waals surface area contributed by atoms with E-state index in [9.17, 15) is 18.0 Å². The summed E-state index contributed by atoms with van der Waals surface area (Å²) in [7, 11) is -3.86. The Morgan fingerprint density at radius 1 is 0.857 bits per heavy atom. The van der Waals surface area contributed by atoms with Gasteiger partial charge in [0.25, 0.3) is 21.8 Å². The van der Waals surface area contributed by atoms with Crippen LogP contribution in [0.3, 0.4) is 0 Å². The van der Waals surface area contributed by atoms with Crippen molar-refractivity contribution in [3.63, 3.8) is 0 Å². The summed E-state index contributed by atoms with van der Waals surface area (Å²) in [5.41, 5.74) is 6.98. The highest BCUT2D eigenvalue weighted by molar-refractivity contribution is 7.92. The monoisotopic (exact) mass is 497 g/mol. The quantitative estimate of drug-likeness (QED) is 0.390. The molecule has 0 saturated carbocycles.